The summed E-state index contributed by atoms with van der Waals surface area (Å²) < 4.78 is 10.9. The van der Waals surface area contributed by atoms with E-state index in [0.29, 0.717) is 6.61 Å². The maximum atomic E-state index is 5.74. The van der Waals surface area contributed by atoms with E-state index in [2.05, 4.69) is 22.1 Å². The standard InChI is InChI=1S/C19H31N3O2/c1-16-6-4-12-22(14-16)19(20-2)21-11-5-13-24-15-17-7-9-18(23-3)10-8-17/h7-10,16H,4-6,11-15H2,1-3H3,(H,20,21). The molecule has 1 N–H and O–H groups in total. The summed E-state index contributed by atoms with van der Waals surface area (Å²) in [6, 6.07) is 8.00. The molecule has 5 nitrogen and oxygen atoms in total. The van der Waals surface area contributed by atoms with Gasteiger partial charge in [0.2, 0.25) is 0 Å². The second kappa shape index (κ2) is 10.2. The van der Waals surface area contributed by atoms with E-state index >= 15 is 0 Å². The number of ether oxygens (including phenoxy) is 2. The van der Waals surface area contributed by atoms with Gasteiger partial charge in [0, 0.05) is 33.3 Å². The molecule has 0 saturated carbocycles. The van der Waals surface area contributed by atoms with Crippen LogP contribution in [-0.4, -0.2) is 51.3 Å². The van der Waals surface area contributed by atoms with E-state index in [-0.39, 0.29) is 0 Å². The minimum Gasteiger partial charge on any atom is -0.497 e. The summed E-state index contributed by atoms with van der Waals surface area (Å²) in [6.45, 7) is 6.80. The summed E-state index contributed by atoms with van der Waals surface area (Å²) in [4.78, 5) is 6.77. The van der Waals surface area contributed by atoms with Crippen molar-refractivity contribution in [3.63, 3.8) is 0 Å². The van der Waals surface area contributed by atoms with Crippen LogP contribution in [0.3, 0.4) is 0 Å². The number of rotatable bonds is 7. The highest BCUT2D eigenvalue weighted by molar-refractivity contribution is 5.79. The Morgan fingerprint density at radius 1 is 1.33 bits per heavy atom. The van der Waals surface area contributed by atoms with Gasteiger partial charge in [-0.3, -0.25) is 4.99 Å². The summed E-state index contributed by atoms with van der Waals surface area (Å²) in [6.07, 6.45) is 3.55. The molecule has 0 spiro atoms. The molecule has 1 aromatic rings. The molecule has 1 heterocycles. The van der Waals surface area contributed by atoms with Crippen LogP contribution in [0.15, 0.2) is 29.3 Å². The Morgan fingerprint density at radius 2 is 2.12 bits per heavy atom. The van der Waals surface area contributed by atoms with Gasteiger partial charge in [-0.15, -0.1) is 0 Å². The molecule has 134 valence electrons. The van der Waals surface area contributed by atoms with Gasteiger partial charge in [0.25, 0.3) is 0 Å². The van der Waals surface area contributed by atoms with Crippen molar-refractivity contribution in [2.75, 3.05) is 40.4 Å². The first-order valence-corrected chi connectivity index (χ1v) is 8.89. The highest BCUT2D eigenvalue weighted by Crippen LogP contribution is 2.15. The molecule has 5 heteroatoms. The third-order valence-corrected chi connectivity index (χ3v) is 4.34. The molecular formula is C19H31N3O2. The van der Waals surface area contributed by atoms with Crippen LogP contribution in [0, 0.1) is 5.92 Å². The van der Waals surface area contributed by atoms with Crippen molar-refractivity contribution >= 4 is 5.96 Å². The van der Waals surface area contributed by atoms with E-state index in [1.165, 1.54) is 18.4 Å². The van der Waals surface area contributed by atoms with Crippen molar-refractivity contribution in [3.05, 3.63) is 29.8 Å². The lowest BCUT2D eigenvalue weighted by atomic mass is 10.0. The maximum absolute atomic E-state index is 5.74. The molecule has 0 aromatic heterocycles. The van der Waals surface area contributed by atoms with Crippen molar-refractivity contribution in [2.45, 2.75) is 32.8 Å². The number of hydrogen-bond donors (Lipinski definition) is 1. The highest BCUT2D eigenvalue weighted by Gasteiger charge is 2.18. The number of methoxy groups -OCH3 is 1. The minimum absolute atomic E-state index is 0.641. The molecule has 0 bridgehead atoms. The van der Waals surface area contributed by atoms with Crippen LogP contribution in [0.5, 0.6) is 5.75 Å². The molecule has 1 atom stereocenters. The average molecular weight is 333 g/mol. The van der Waals surface area contributed by atoms with E-state index in [1.54, 1.807) is 7.11 Å². The molecule has 2 rings (SSSR count). The number of benzene rings is 1. The van der Waals surface area contributed by atoms with E-state index < -0.39 is 0 Å². The zero-order valence-electron chi connectivity index (χ0n) is 15.3. The maximum Gasteiger partial charge on any atom is 0.193 e. The van der Waals surface area contributed by atoms with Gasteiger partial charge < -0.3 is 19.7 Å². The van der Waals surface area contributed by atoms with Crippen LogP contribution in [0.4, 0.5) is 0 Å². The van der Waals surface area contributed by atoms with E-state index in [0.717, 1.165) is 50.3 Å². The Balaban J connectivity index is 1.59. The molecule has 1 aliphatic heterocycles. The third kappa shape index (κ3) is 6.04. The summed E-state index contributed by atoms with van der Waals surface area (Å²) in [5, 5.41) is 3.45. The molecule has 1 aliphatic rings. The second-order valence-electron chi connectivity index (χ2n) is 6.42. The van der Waals surface area contributed by atoms with E-state index in [4.69, 9.17) is 9.47 Å². The van der Waals surface area contributed by atoms with Crippen LogP contribution in [-0.2, 0) is 11.3 Å². The fourth-order valence-corrected chi connectivity index (χ4v) is 3.00. The Morgan fingerprint density at radius 3 is 2.79 bits per heavy atom. The first-order chi connectivity index (χ1) is 11.7. The zero-order chi connectivity index (χ0) is 17.2. The lowest BCUT2D eigenvalue weighted by Crippen LogP contribution is -2.46. The van der Waals surface area contributed by atoms with Gasteiger partial charge >= 0.3 is 0 Å². The number of nitrogens with zero attached hydrogens (tertiary/aromatic N) is 2. The smallest absolute Gasteiger partial charge is 0.193 e. The van der Waals surface area contributed by atoms with Crippen molar-refractivity contribution in [2.24, 2.45) is 10.9 Å². The van der Waals surface area contributed by atoms with Crippen LogP contribution in [0.2, 0.25) is 0 Å². The monoisotopic (exact) mass is 333 g/mol. The summed E-state index contributed by atoms with van der Waals surface area (Å²) in [5.41, 5.74) is 1.17. The summed E-state index contributed by atoms with van der Waals surface area (Å²) in [7, 11) is 3.54. The topological polar surface area (TPSA) is 46.1 Å². The lowest BCUT2D eigenvalue weighted by molar-refractivity contribution is 0.119. The highest BCUT2D eigenvalue weighted by atomic mass is 16.5. The minimum atomic E-state index is 0.641. The zero-order valence-corrected chi connectivity index (χ0v) is 15.3. The van der Waals surface area contributed by atoms with E-state index in [1.807, 2.05) is 31.3 Å². The molecule has 0 aliphatic carbocycles. The lowest BCUT2D eigenvalue weighted by Gasteiger charge is -2.33. The Hall–Kier alpha value is -1.75. The second-order valence-corrected chi connectivity index (χ2v) is 6.42. The third-order valence-electron chi connectivity index (χ3n) is 4.34. The molecule has 24 heavy (non-hydrogen) atoms. The SMILES string of the molecule is CN=C(NCCCOCc1ccc(OC)cc1)N1CCCC(C)C1. The van der Waals surface area contributed by atoms with Crippen LogP contribution in [0.25, 0.3) is 0 Å². The predicted octanol–water partition coefficient (Wildman–Crippen LogP) is 2.91. The quantitative estimate of drug-likeness (QED) is 0.473. The van der Waals surface area contributed by atoms with Gasteiger partial charge in [0.1, 0.15) is 5.75 Å². The number of hydrogen-bond acceptors (Lipinski definition) is 3. The van der Waals surface area contributed by atoms with Crippen LogP contribution < -0.4 is 10.1 Å². The predicted molar refractivity (Wildman–Crippen MR) is 98.6 cm³/mol. The fraction of sp³-hybridized carbons (Fsp3) is 0.632. The molecular weight excluding hydrogens is 302 g/mol. The summed E-state index contributed by atoms with van der Waals surface area (Å²) in [5.74, 6) is 2.66. The van der Waals surface area contributed by atoms with Crippen molar-refractivity contribution < 1.29 is 9.47 Å². The van der Waals surface area contributed by atoms with Crippen molar-refractivity contribution in [3.8, 4) is 5.75 Å². The van der Waals surface area contributed by atoms with Gasteiger partial charge in [-0.25, -0.2) is 0 Å². The van der Waals surface area contributed by atoms with Gasteiger partial charge in [0.15, 0.2) is 5.96 Å². The number of nitrogens with one attached hydrogen (secondary N) is 1. The molecule has 0 amide bonds. The van der Waals surface area contributed by atoms with Crippen molar-refractivity contribution in [1.29, 1.82) is 0 Å². The van der Waals surface area contributed by atoms with Crippen LogP contribution >= 0.6 is 0 Å². The number of aliphatic imine (C=N–C) groups is 1. The Kier molecular flexibility index (Phi) is 7.89. The van der Waals surface area contributed by atoms with Gasteiger partial charge in [-0.1, -0.05) is 19.1 Å². The number of likely N-dealkylation sites (tertiary alicyclic amines) is 1. The molecule has 1 fully saturated rings. The van der Waals surface area contributed by atoms with Gasteiger partial charge in [-0.2, -0.15) is 0 Å². The first kappa shape index (κ1) is 18.6. The van der Waals surface area contributed by atoms with Gasteiger partial charge in [-0.05, 0) is 42.9 Å². The molecule has 1 aromatic carbocycles. The average Bonchev–Trinajstić information content (AvgIpc) is 2.61. The van der Waals surface area contributed by atoms with Gasteiger partial charge in [0.05, 0.1) is 13.7 Å². The fourth-order valence-electron chi connectivity index (χ4n) is 3.00. The molecule has 1 saturated heterocycles. The Labute approximate surface area is 146 Å². The van der Waals surface area contributed by atoms with Crippen molar-refractivity contribution in [1.82, 2.24) is 10.2 Å². The normalized spacial score (nSPS) is 18.5. The Bertz CT molecular complexity index is 502. The largest absolute Gasteiger partial charge is 0.497 e. The number of piperidine rings is 1. The van der Waals surface area contributed by atoms with E-state index in [9.17, 15) is 0 Å². The summed E-state index contributed by atoms with van der Waals surface area (Å²) >= 11 is 0. The molecule has 0 radical (unpaired) electrons. The molecule has 1 unspecified atom stereocenters. The van der Waals surface area contributed by atoms with Crippen LogP contribution in [0.1, 0.15) is 31.7 Å². The first-order valence-electron chi connectivity index (χ1n) is 8.89. The number of guanidine groups is 1.